The number of nitrogens with two attached hydrogens (primary N) is 1. The molecule has 0 aliphatic carbocycles. The predicted molar refractivity (Wildman–Crippen MR) is 69.2 cm³/mol. The molecule has 1 aliphatic heterocycles. The molecule has 0 spiro atoms. The number of carbonyl (C=O) groups excluding carboxylic acids is 2. The van der Waals surface area contributed by atoms with Gasteiger partial charge in [0, 0.05) is 19.0 Å². The van der Waals surface area contributed by atoms with Gasteiger partial charge in [0.25, 0.3) is 0 Å². The van der Waals surface area contributed by atoms with Crippen LogP contribution in [0.5, 0.6) is 11.5 Å². The van der Waals surface area contributed by atoms with Gasteiger partial charge in [-0.25, -0.2) is 0 Å². The highest BCUT2D eigenvalue weighted by Gasteiger charge is 2.35. The first-order chi connectivity index (χ1) is 9.06. The Hall–Kier alpha value is -2.24. The summed E-state index contributed by atoms with van der Waals surface area (Å²) in [6, 6.07) is 5.17. The van der Waals surface area contributed by atoms with Gasteiger partial charge >= 0.3 is 0 Å². The molecular weight excluding hydrogens is 248 g/mol. The zero-order valence-electron chi connectivity index (χ0n) is 10.9. The summed E-state index contributed by atoms with van der Waals surface area (Å²) < 4.78 is 10.4. The lowest BCUT2D eigenvalue weighted by Gasteiger charge is -2.20. The van der Waals surface area contributed by atoms with Crippen molar-refractivity contribution in [1.82, 2.24) is 0 Å². The fourth-order valence-corrected chi connectivity index (χ4v) is 2.14. The maximum absolute atomic E-state index is 12.0. The summed E-state index contributed by atoms with van der Waals surface area (Å²) in [6.45, 7) is 0.275. The van der Waals surface area contributed by atoms with Gasteiger partial charge in [-0.05, 0) is 12.1 Å². The van der Waals surface area contributed by atoms with E-state index in [2.05, 4.69) is 0 Å². The van der Waals surface area contributed by atoms with Crippen molar-refractivity contribution in [2.24, 2.45) is 11.7 Å². The molecule has 1 aromatic rings. The van der Waals surface area contributed by atoms with E-state index in [0.29, 0.717) is 17.2 Å². The molecule has 1 heterocycles. The lowest BCUT2D eigenvalue weighted by Crippen LogP contribution is -2.28. The number of carbonyl (C=O) groups is 2. The summed E-state index contributed by atoms with van der Waals surface area (Å²) >= 11 is 0. The van der Waals surface area contributed by atoms with Crippen LogP contribution >= 0.6 is 0 Å². The highest BCUT2D eigenvalue weighted by atomic mass is 16.5. The fourth-order valence-electron chi connectivity index (χ4n) is 2.14. The van der Waals surface area contributed by atoms with Crippen LogP contribution in [0.2, 0.25) is 0 Å². The van der Waals surface area contributed by atoms with Crippen LogP contribution in [0.1, 0.15) is 6.42 Å². The van der Waals surface area contributed by atoms with E-state index in [4.69, 9.17) is 15.2 Å². The van der Waals surface area contributed by atoms with E-state index in [0.717, 1.165) is 0 Å². The summed E-state index contributed by atoms with van der Waals surface area (Å²) in [4.78, 5) is 24.7. The van der Waals surface area contributed by atoms with Gasteiger partial charge in [-0.2, -0.15) is 0 Å². The van der Waals surface area contributed by atoms with Crippen molar-refractivity contribution in [1.29, 1.82) is 0 Å². The first-order valence-electron chi connectivity index (χ1n) is 5.88. The van der Waals surface area contributed by atoms with Gasteiger partial charge in [0.1, 0.15) is 11.5 Å². The zero-order chi connectivity index (χ0) is 14.0. The summed E-state index contributed by atoms with van der Waals surface area (Å²) in [6.07, 6.45) is 0.135. The summed E-state index contributed by atoms with van der Waals surface area (Å²) in [5.41, 5.74) is 5.85. The number of anilines is 1. The first-order valence-corrected chi connectivity index (χ1v) is 5.88. The van der Waals surface area contributed by atoms with Crippen LogP contribution in [0, 0.1) is 5.92 Å². The number of ether oxygens (including phenoxy) is 2. The highest BCUT2D eigenvalue weighted by molar-refractivity contribution is 6.01. The first kappa shape index (κ1) is 13.2. The standard InChI is InChI=1S/C13H16N2O4/c1-18-9-3-4-11(19-2)10(6-9)15-7-8(13(14)17)5-12(15)16/h3-4,6,8H,5,7H2,1-2H3,(H2,14,17). The fraction of sp³-hybridized carbons (Fsp3) is 0.385. The Labute approximate surface area is 111 Å². The Morgan fingerprint density at radius 1 is 1.37 bits per heavy atom. The number of methoxy groups -OCH3 is 2. The lowest BCUT2D eigenvalue weighted by atomic mass is 10.1. The largest absolute Gasteiger partial charge is 0.497 e. The van der Waals surface area contributed by atoms with E-state index in [-0.39, 0.29) is 18.9 Å². The molecule has 2 N–H and O–H groups in total. The van der Waals surface area contributed by atoms with Gasteiger partial charge in [-0.1, -0.05) is 0 Å². The molecular formula is C13H16N2O4. The third kappa shape index (κ3) is 2.47. The van der Waals surface area contributed by atoms with Crippen molar-refractivity contribution >= 4 is 17.5 Å². The van der Waals surface area contributed by atoms with Crippen molar-refractivity contribution in [3.05, 3.63) is 18.2 Å². The van der Waals surface area contributed by atoms with Crippen molar-refractivity contribution < 1.29 is 19.1 Å². The van der Waals surface area contributed by atoms with Gasteiger partial charge in [-0.3, -0.25) is 9.59 Å². The molecule has 1 aromatic carbocycles. The van der Waals surface area contributed by atoms with Crippen LogP contribution in [-0.2, 0) is 9.59 Å². The number of nitrogens with zero attached hydrogens (tertiary/aromatic N) is 1. The second kappa shape index (κ2) is 5.17. The van der Waals surface area contributed by atoms with Crippen molar-refractivity contribution in [2.75, 3.05) is 25.7 Å². The summed E-state index contributed by atoms with van der Waals surface area (Å²) in [7, 11) is 3.07. The minimum atomic E-state index is -0.460. The van der Waals surface area contributed by atoms with E-state index in [1.807, 2.05) is 0 Å². The number of hydrogen-bond donors (Lipinski definition) is 1. The van der Waals surface area contributed by atoms with Gasteiger partial charge in [0.2, 0.25) is 11.8 Å². The zero-order valence-corrected chi connectivity index (χ0v) is 10.9. The normalized spacial score (nSPS) is 18.5. The maximum Gasteiger partial charge on any atom is 0.227 e. The summed E-state index contributed by atoms with van der Waals surface area (Å²) in [5, 5.41) is 0. The van der Waals surface area contributed by atoms with Gasteiger partial charge in [-0.15, -0.1) is 0 Å². The number of amides is 2. The van der Waals surface area contributed by atoms with Gasteiger partial charge < -0.3 is 20.1 Å². The molecule has 0 aromatic heterocycles. The molecule has 2 rings (SSSR count). The number of benzene rings is 1. The molecule has 6 heteroatoms. The lowest BCUT2D eigenvalue weighted by molar-refractivity contribution is -0.123. The second-order valence-electron chi connectivity index (χ2n) is 4.35. The molecule has 0 bridgehead atoms. The van der Waals surface area contributed by atoms with E-state index in [1.165, 1.54) is 12.0 Å². The van der Waals surface area contributed by atoms with Gasteiger partial charge in [0.05, 0.1) is 25.8 Å². The number of primary amides is 1. The Morgan fingerprint density at radius 2 is 2.11 bits per heavy atom. The van der Waals surface area contributed by atoms with Crippen LogP contribution in [0.25, 0.3) is 0 Å². The second-order valence-corrected chi connectivity index (χ2v) is 4.35. The Morgan fingerprint density at radius 3 is 2.63 bits per heavy atom. The quantitative estimate of drug-likeness (QED) is 0.860. The maximum atomic E-state index is 12.0. The smallest absolute Gasteiger partial charge is 0.227 e. The predicted octanol–water partition coefficient (Wildman–Crippen LogP) is 0.542. The minimum Gasteiger partial charge on any atom is -0.497 e. The molecule has 1 aliphatic rings. The highest BCUT2D eigenvalue weighted by Crippen LogP contribution is 2.35. The van der Waals surface area contributed by atoms with Crippen LogP contribution in [-0.4, -0.2) is 32.6 Å². The van der Waals surface area contributed by atoms with Crippen LogP contribution in [0.15, 0.2) is 18.2 Å². The average Bonchev–Trinajstić information content (AvgIpc) is 2.80. The molecule has 19 heavy (non-hydrogen) atoms. The molecule has 102 valence electrons. The Balaban J connectivity index is 2.35. The SMILES string of the molecule is COc1ccc(OC)c(N2CC(C(N)=O)CC2=O)c1. The molecule has 0 saturated carbocycles. The Bertz CT molecular complexity index is 515. The Kier molecular flexibility index (Phi) is 3.59. The van der Waals surface area contributed by atoms with Crippen molar-refractivity contribution in [3.8, 4) is 11.5 Å². The molecule has 1 unspecified atom stereocenters. The third-order valence-corrected chi connectivity index (χ3v) is 3.20. The van der Waals surface area contributed by atoms with Gasteiger partial charge in [0.15, 0.2) is 0 Å². The monoisotopic (exact) mass is 264 g/mol. The van der Waals surface area contributed by atoms with Crippen LogP contribution < -0.4 is 20.1 Å². The molecule has 0 radical (unpaired) electrons. The van der Waals surface area contributed by atoms with Crippen LogP contribution in [0.3, 0.4) is 0 Å². The molecule has 1 fully saturated rings. The van der Waals surface area contributed by atoms with E-state index in [1.54, 1.807) is 25.3 Å². The van der Waals surface area contributed by atoms with E-state index < -0.39 is 11.8 Å². The molecule has 2 amide bonds. The molecule has 1 atom stereocenters. The average molecular weight is 264 g/mol. The molecule has 1 saturated heterocycles. The third-order valence-electron chi connectivity index (χ3n) is 3.20. The van der Waals surface area contributed by atoms with E-state index in [9.17, 15) is 9.59 Å². The number of rotatable bonds is 4. The van der Waals surface area contributed by atoms with Crippen LogP contribution in [0.4, 0.5) is 5.69 Å². The summed E-state index contributed by atoms with van der Waals surface area (Å²) in [5.74, 6) is 0.113. The number of hydrogen-bond acceptors (Lipinski definition) is 4. The van der Waals surface area contributed by atoms with E-state index >= 15 is 0 Å². The van der Waals surface area contributed by atoms with Crippen molar-refractivity contribution in [3.63, 3.8) is 0 Å². The molecule has 6 nitrogen and oxygen atoms in total. The topological polar surface area (TPSA) is 81.9 Å². The minimum absolute atomic E-state index is 0.135. The van der Waals surface area contributed by atoms with Crippen molar-refractivity contribution in [2.45, 2.75) is 6.42 Å².